The number of nitrogens with one attached hydrogen (secondary N) is 2. The van der Waals surface area contributed by atoms with Crippen LogP contribution >= 0.6 is 0 Å². The van der Waals surface area contributed by atoms with Crippen LogP contribution in [0.5, 0.6) is 0 Å². The summed E-state index contributed by atoms with van der Waals surface area (Å²) >= 11 is 0. The minimum absolute atomic E-state index is 0.00857. The predicted molar refractivity (Wildman–Crippen MR) is 97.8 cm³/mol. The minimum Gasteiger partial charge on any atom is -0.341 e. The van der Waals surface area contributed by atoms with Gasteiger partial charge in [-0.2, -0.15) is 13.2 Å². The monoisotopic (exact) mass is 387 g/mol. The van der Waals surface area contributed by atoms with Gasteiger partial charge in [0.05, 0.1) is 12.1 Å². The lowest BCUT2D eigenvalue weighted by molar-refractivity contribution is -0.137. The van der Waals surface area contributed by atoms with E-state index in [0.717, 1.165) is 12.1 Å². The van der Waals surface area contributed by atoms with Crippen LogP contribution in [0.2, 0.25) is 0 Å². The van der Waals surface area contributed by atoms with Gasteiger partial charge in [0.1, 0.15) is 0 Å². The first-order valence-electron chi connectivity index (χ1n) is 8.44. The van der Waals surface area contributed by atoms with Crippen molar-refractivity contribution in [2.75, 3.05) is 24.5 Å². The van der Waals surface area contributed by atoms with Gasteiger partial charge < -0.3 is 10.6 Å². The van der Waals surface area contributed by atoms with Crippen LogP contribution in [0.15, 0.2) is 48.5 Å². The summed E-state index contributed by atoms with van der Waals surface area (Å²) in [7, 11) is 0. The van der Waals surface area contributed by atoms with Crippen molar-refractivity contribution in [3.8, 4) is 11.8 Å². The van der Waals surface area contributed by atoms with Gasteiger partial charge in [0.2, 0.25) is 0 Å². The number of hydrogen-bond acceptors (Lipinski definition) is 2. The van der Waals surface area contributed by atoms with Gasteiger partial charge in [-0.15, -0.1) is 0 Å². The number of halogens is 3. The fourth-order valence-electron chi connectivity index (χ4n) is 2.66. The van der Waals surface area contributed by atoms with Gasteiger partial charge in [0.15, 0.2) is 0 Å². The van der Waals surface area contributed by atoms with E-state index in [1.807, 2.05) is 0 Å². The van der Waals surface area contributed by atoms with Crippen molar-refractivity contribution in [2.24, 2.45) is 0 Å². The lowest BCUT2D eigenvalue weighted by Gasteiger charge is -2.14. The molecular formula is C20H16F3N3O2. The molecule has 1 aliphatic heterocycles. The molecule has 0 spiro atoms. The van der Waals surface area contributed by atoms with E-state index in [4.69, 9.17) is 0 Å². The summed E-state index contributed by atoms with van der Waals surface area (Å²) in [6.07, 6.45) is -4.42. The van der Waals surface area contributed by atoms with Crippen molar-refractivity contribution in [3.63, 3.8) is 0 Å². The summed E-state index contributed by atoms with van der Waals surface area (Å²) in [5, 5.41) is 5.28. The van der Waals surface area contributed by atoms with E-state index >= 15 is 0 Å². The van der Waals surface area contributed by atoms with E-state index < -0.39 is 11.7 Å². The zero-order chi connectivity index (χ0) is 20.1. The normalized spacial score (nSPS) is 13.5. The molecule has 0 unspecified atom stereocenters. The van der Waals surface area contributed by atoms with Gasteiger partial charge >= 0.3 is 12.2 Å². The molecule has 0 atom stereocenters. The molecule has 2 aromatic rings. The first kappa shape index (κ1) is 19.3. The summed E-state index contributed by atoms with van der Waals surface area (Å²) < 4.78 is 38.0. The second kappa shape index (κ2) is 8.05. The largest absolute Gasteiger partial charge is 0.416 e. The third kappa shape index (κ3) is 4.62. The highest BCUT2D eigenvalue weighted by atomic mass is 19.4. The number of carbonyl (C=O) groups excluding carboxylic acids is 2. The molecule has 144 valence electrons. The topological polar surface area (TPSA) is 61.4 Å². The molecule has 1 heterocycles. The highest BCUT2D eigenvalue weighted by Crippen LogP contribution is 2.29. The van der Waals surface area contributed by atoms with Crippen molar-refractivity contribution < 1.29 is 22.8 Å². The Bertz CT molecular complexity index is 944. The molecule has 0 saturated carbocycles. The molecule has 1 fully saturated rings. The Morgan fingerprint density at radius 2 is 1.93 bits per heavy atom. The van der Waals surface area contributed by atoms with Crippen molar-refractivity contribution in [1.82, 2.24) is 10.6 Å². The fraction of sp³-hybridized carbons (Fsp3) is 0.200. The number of urea groups is 1. The average Bonchev–Trinajstić information content (AvgIpc) is 3.11. The zero-order valence-electron chi connectivity index (χ0n) is 14.6. The van der Waals surface area contributed by atoms with Crippen LogP contribution in [0, 0.1) is 11.8 Å². The molecule has 1 saturated heterocycles. The van der Waals surface area contributed by atoms with Gasteiger partial charge in [0, 0.05) is 29.9 Å². The zero-order valence-corrected chi connectivity index (χ0v) is 14.6. The molecule has 0 aromatic heterocycles. The van der Waals surface area contributed by atoms with Crippen LogP contribution in [-0.4, -0.2) is 31.6 Å². The molecule has 2 aromatic carbocycles. The standard InChI is InChI=1S/C20H16F3N3O2/c21-20(22,23)16-5-1-3-14(13-16)4-2-10-24-18(27)15-6-8-17(9-7-15)26-12-11-25-19(26)28/h1,3,5-9,13H,10-12H2,(H,24,27)(H,25,28). The van der Waals surface area contributed by atoms with Gasteiger partial charge in [0.25, 0.3) is 5.91 Å². The van der Waals surface area contributed by atoms with E-state index in [-0.39, 0.29) is 24.0 Å². The molecular weight excluding hydrogens is 371 g/mol. The molecule has 3 amide bonds. The van der Waals surface area contributed by atoms with Crippen LogP contribution < -0.4 is 15.5 Å². The van der Waals surface area contributed by atoms with Crippen LogP contribution in [0.1, 0.15) is 21.5 Å². The van der Waals surface area contributed by atoms with Crippen LogP contribution in [0.25, 0.3) is 0 Å². The van der Waals surface area contributed by atoms with E-state index in [9.17, 15) is 22.8 Å². The molecule has 1 aliphatic rings. The van der Waals surface area contributed by atoms with Gasteiger partial charge in [-0.3, -0.25) is 9.69 Å². The lowest BCUT2D eigenvalue weighted by atomic mass is 10.1. The van der Waals surface area contributed by atoms with Gasteiger partial charge in [-0.25, -0.2) is 4.79 Å². The Balaban J connectivity index is 1.57. The summed E-state index contributed by atoms with van der Waals surface area (Å²) in [4.78, 5) is 25.3. The molecule has 28 heavy (non-hydrogen) atoms. The fourth-order valence-corrected chi connectivity index (χ4v) is 2.66. The quantitative estimate of drug-likeness (QED) is 0.796. The summed E-state index contributed by atoms with van der Waals surface area (Å²) in [6.45, 7) is 1.13. The number of carbonyl (C=O) groups is 2. The molecule has 8 heteroatoms. The summed E-state index contributed by atoms with van der Waals surface area (Å²) in [5.74, 6) is 4.87. The number of rotatable bonds is 3. The van der Waals surface area contributed by atoms with Gasteiger partial charge in [-0.1, -0.05) is 17.9 Å². The highest BCUT2D eigenvalue weighted by molar-refractivity contribution is 5.97. The van der Waals surface area contributed by atoms with E-state index in [1.54, 1.807) is 29.2 Å². The van der Waals surface area contributed by atoms with Crippen molar-refractivity contribution in [2.45, 2.75) is 6.18 Å². The highest BCUT2D eigenvalue weighted by Gasteiger charge is 2.30. The Kier molecular flexibility index (Phi) is 5.54. The average molecular weight is 387 g/mol. The number of amides is 3. The maximum absolute atomic E-state index is 12.7. The molecule has 2 N–H and O–H groups in total. The molecule has 0 radical (unpaired) electrons. The number of anilines is 1. The Morgan fingerprint density at radius 3 is 2.57 bits per heavy atom. The van der Waals surface area contributed by atoms with Crippen molar-refractivity contribution in [3.05, 3.63) is 65.2 Å². The second-order valence-electron chi connectivity index (χ2n) is 5.99. The number of benzene rings is 2. The first-order chi connectivity index (χ1) is 13.3. The Labute approximate surface area is 159 Å². The number of nitrogens with zero attached hydrogens (tertiary/aromatic N) is 1. The van der Waals surface area contributed by atoms with E-state index in [0.29, 0.717) is 24.3 Å². The maximum Gasteiger partial charge on any atom is 0.416 e. The van der Waals surface area contributed by atoms with E-state index in [1.165, 1.54) is 12.1 Å². The molecule has 0 aliphatic carbocycles. The third-order valence-electron chi connectivity index (χ3n) is 4.06. The number of hydrogen-bond donors (Lipinski definition) is 2. The number of alkyl halides is 3. The SMILES string of the molecule is O=C(NCC#Cc1cccc(C(F)(F)F)c1)c1ccc(N2CCNC2=O)cc1. The minimum atomic E-state index is -4.42. The maximum atomic E-state index is 12.7. The van der Waals surface area contributed by atoms with Crippen molar-refractivity contribution >= 4 is 17.6 Å². The third-order valence-corrected chi connectivity index (χ3v) is 4.06. The van der Waals surface area contributed by atoms with Gasteiger partial charge in [-0.05, 0) is 42.5 Å². The summed E-state index contributed by atoms with van der Waals surface area (Å²) in [5.41, 5.74) is 0.535. The van der Waals surface area contributed by atoms with Crippen LogP contribution in [0.3, 0.4) is 0 Å². The molecule has 3 rings (SSSR count). The molecule has 0 bridgehead atoms. The second-order valence-corrected chi connectivity index (χ2v) is 5.99. The smallest absolute Gasteiger partial charge is 0.341 e. The Morgan fingerprint density at radius 1 is 1.18 bits per heavy atom. The Hall–Kier alpha value is -3.47. The first-order valence-corrected chi connectivity index (χ1v) is 8.44. The lowest BCUT2D eigenvalue weighted by Crippen LogP contribution is -2.28. The molecule has 5 nitrogen and oxygen atoms in total. The van der Waals surface area contributed by atoms with E-state index in [2.05, 4.69) is 22.5 Å². The van der Waals surface area contributed by atoms with Crippen molar-refractivity contribution in [1.29, 1.82) is 0 Å². The van der Waals surface area contributed by atoms with Crippen LogP contribution in [0.4, 0.5) is 23.7 Å². The predicted octanol–water partition coefficient (Wildman–Crippen LogP) is 3.02. The van der Waals surface area contributed by atoms with Crippen LogP contribution in [-0.2, 0) is 6.18 Å². The summed E-state index contributed by atoms with van der Waals surface area (Å²) in [6, 6.07) is 11.0.